The second kappa shape index (κ2) is 14.2. The largest absolute Gasteiger partial charge is 0.480 e. The Bertz CT molecular complexity index is 1280. The van der Waals surface area contributed by atoms with Crippen LogP contribution in [0.3, 0.4) is 0 Å². The summed E-state index contributed by atoms with van der Waals surface area (Å²) in [7, 11) is 0. The molecule has 0 radical (unpaired) electrons. The van der Waals surface area contributed by atoms with Gasteiger partial charge in [-0.2, -0.15) is 0 Å². The van der Waals surface area contributed by atoms with Gasteiger partial charge in [0.2, 0.25) is 23.6 Å². The molecule has 10 N–H and O–H groups in total. The molecule has 0 aliphatic carbocycles. The summed E-state index contributed by atoms with van der Waals surface area (Å²) in [6, 6.07) is 3.76. The number of benzene rings is 1. The molecule has 4 atom stereocenters. The Morgan fingerprint density at radius 1 is 0.775 bits per heavy atom. The monoisotopic (exact) mass is 553 g/mol. The molecule has 2 aromatic heterocycles. The number of aromatic nitrogens is 4. The number of nitrogens with two attached hydrogens (primary N) is 2. The van der Waals surface area contributed by atoms with Gasteiger partial charge in [-0.05, 0) is 5.56 Å². The number of amides is 4. The zero-order chi connectivity index (χ0) is 29.1. The predicted molar refractivity (Wildman–Crippen MR) is 140 cm³/mol. The van der Waals surface area contributed by atoms with Gasteiger partial charge in [-0.3, -0.25) is 19.2 Å². The van der Waals surface area contributed by atoms with E-state index in [0.717, 1.165) is 0 Å². The summed E-state index contributed by atoms with van der Waals surface area (Å²) in [6.07, 6.45) is 5.16. The second-order valence-electron chi connectivity index (χ2n) is 9.05. The van der Waals surface area contributed by atoms with E-state index in [4.69, 9.17) is 11.5 Å². The van der Waals surface area contributed by atoms with Crippen molar-refractivity contribution in [2.24, 2.45) is 11.5 Å². The van der Waals surface area contributed by atoms with Gasteiger partial charge in [-0.1, -0.05) is 30.3 Å². The van der Waals surface area contributed by atoms with Crippen molar-refractivity contribution in [1.29, 1.82) is 0 Å². The Morgan fingerprint density at radius 2 is 1.27 bits per heavy atom. The van der Waals surface area contributed by atoms with Crippen LogP contribution in [-0.4, -0.2) is 78.8 Å². The number of carbonyl (C=O) groups is 5. The highest BCUT2D eigenvalue weighted by molar-refractivity contribution is 5.95. The fraction of sp³-hybridized carbons (Fsp3) is 0.320. The van der Waals surface area contributed by atoms with Gasteiger partial charge >= 0.3 is 5.97 Å². The Labute approximate surface area is 228 Å². The van der Waals surface area contributed by atoms with Crippen molar-refractivity contribution < 1.29 is 29.1 Å². The Morgan fingerprint density at radius 3 is 1.77 bits per heavy atom. The highest BCUT2D eigenvalue weighted by Gasteiger charge is 2.31. The smallest absolute Gasteiger partial charge is 0.326 e. The highest BCUT2D eigenvalue weighted by atomic mass is 16.4. The minimum atomic E-state index is -1.31. The Balaban J connectivity index is 1.81. The van der Waals surface area contributed by atoms with E-state index in [2.05, 4.69) is 35.9 Å². The third kappa shape index (κ3) is 9.05. The van der Waals surface area contributed by atoms with Crippen LogP contribution >= 0.6 is 0 Å². The van der Waals surface area contributed by atoms with E-state index in [9.17, 15) is 29.1 Å². The van der Waals surface area contributed by atoms with Crippen molar-refractivity contribution in [1.82, 2.24) is 35.9 Å². The summed E-state index contributed by atoms with van der Waals surface area (Å²) in [4.78, 5) is 75.8. The molecule has 4 amide bonds. The zero-order valence-corrected chi connectivity index (χ0v) is 21.4. The molecular weight excluding hydrogens is 522 g/mol. The molecular formula is C25H31N9O6. The molecule has 0 bridgehead atoms. The first kappa shape index (κ1) is 29.5. The lowest BCUT2D eigenvalue weighted by atomic mass is 10.0. The zero-order valence-electron chi connectivity index (χ0n) is 21.4. The molecule has 3 aromatic rings. The highest BCUT2D eigenvalue weighted by Crippen LogP contribution is 2.08. The summed E-state index contributed by atoms with van der Waals surface area (Å²) in [5.74, 6) is -4.36. The van der Waals surface area contributed by atoms with E-state index in [-0.39, 0.29) is 19.3 Å². The van der Waals surface area contributed by atoms with Crippen molar-refractivity contribution in [3.05, 3.63) is 72.3 Å². The molecule has 0 aliphatic heterocycles. The average Bonchev–Trinajstić information content (AvgIpc) is 3.62. The van der Waals surface area contributed by atoms with E-state index in [1.54, 1.807) is 30.3 Å². The van der Waals surface area contributed by atoms with Gasteiger partial charge in [-0.25, -0.2) is 14.8 Å². The molecule has 4 unspecified atom stereocenters. The first-order chi connectivity index (χ1) is 19.1. The number of imidazole rings is 2. The van der Waals surface area contributed by atoms with E-state index in [0.29, 0.717) is 17.0 Å². The third-order valence-electron chi connectivity index (χ3n) is 5.88. The molecule has 0 fully saturated rings. The van der Waals surface area contributed by atoms with Crippen LogP contribution < -0.4 is 27.4 Å². The molecule has 1 aromatic carbocycles. The molecule has 15 nitrogen and oxygen atoms in total. The number of hydrogen-bond donors (Lipinski definition) is 8. The van der Waals surface area contributed by atoms with Crippen LogP contribution in [0.25, 0.3) is 0 Å². The quantitative estimate of drug-likeness (QED) is 0.102. The molecule has 0 aliphatic rings. The second-order valence-corrected chi connectivity index (χ2v) is 9.05. The third-order valence-corrected chi connectivity index (χ3v) is 5.88. The lowest BCUT2D eigenvalue weighted by molar-refractivity contribution is -0.142. The van der Waals surface area contributed by atoms with Crippen molar-refractivity contribution in [2.45, 2.75) is 49.9 Å². The SMILES string of the molecule is NC(=O)CC(N)C(=O)NC(Cc1cnc[nH]1)C(=O)NC(Cc1ccccc1)C(=O)NC(Cc1cnc[nH]1)C(=O)O. The number of hydrogen-bond acceptors (Lipinski definition) is 8. The summed E-state index contributed by atoms with van der Waals surface area (Å²) in [5, 5.41) is 17.3. The number of carbonyl (C=O) groups excluding carboxylic acids is 4. The number of nitrogens with zero attached hydrogens (tertiary/aromatic N) is 2. The molecule has 40 heavy (non-hydrogen) atoms. The molecule has 0 saturated carbocycles. The summed E-state index contributed by atoms with van der Waals surface area (Å²) < 4.78 is 0. The van der Waals surface area contributed by atoms with Crippen LogP contribution in [0.4, 0.5) is 0 Å². The maximum Gasteiger partial charge on any atom is 0.326 e. The van der Waals surface area contributed by atoms with Crippen LogP contribution in [0.5, 0.6) is 0 Å². The van der Waals surface area contributed by atoms with Gasteiger partial charge in [-0.15, -0.1) is 0 Å². The van der Waals surface area contributed by atoms with Gasteiger partial charge in [0.1, 0.15) is 18.1 Å². The molecule has 2 heterocycles. The number of aromatic amines is 2. The molecule has 0 spiro atoms. The molecule has 3 rings (SSSR count). The standard InChI is InChI=1S/C25H31N9O6/c26-17(9-21(27)35)22(36)32-19(7-15-10-28-12-30-15)24(38)33-18(6-14-4-2-1-3-5-14)23(37)34-20(25(39)40)8-16-11-29-13-31-16/h1-5,10-13,17-20H,6-9,26H2,(H2,27,35)(H,28,30)(H,29,31)(H,32,36)(H,33,38)(H,34,37)(H,39,40). The predicted octanol–water partition coefficient (Wildman–Crippen LogP) is -2.10. The number of rotatable bonds is 15. The first-order valence-corrected chi connectivity index (χ1v) is 12.3. The lowest BCUT2D eigenvalue weighted by Gasteiger charge is -2.25. The van der Waals surface area contributed by atoms with Gasteiger partial charge in [0.25, 0.3) is 0 Å². The van der Waals surface area contributed by atoms with E-state index >= 15 is 0 Å². The van der Waals surface area contributed by atoms with Gasteiger partial charge in [0.15, 0.2) is 0 Å². The Hall–Kier alpha value is -5.05. The van der Waals surface area contributed by atoms with Crippen molar-refractivity contribution in [2.75, 3.05) is 0 Å². The molecule has 15 heteroatoms. The first-order valence-electron chi connectivity index (χ1n) is 12.3. The van der Waals surface area contributed by atoms with Crippen molar-refractivity contribution >= 4 is 29.6 Å². The number of nitrogens with one attached hydrogen (secondary N) is 5. The van der Waals surface area contributed by atoms with Gasteiger partial charge in [0.05, 0.1) is 25.1 Å². The van der Waals surface area contributed by atoms with Crippen LogP contribution in [0.1, 0.15) is 23.4 Å². The minimum absolute atomic E-state index is 0.0285. The lowest BCUT2D eigenvalue weighted by Crippen LogP contribution is -2.58. The maximum atomic E-state index is 13.4. The molecule has 212 valence electrons. The van der Waals surface area contributed by atoms with Crippen LogP contribution in [0.2, 0.25) is 0 Å². The van der Waals surface area contributed by atoms with Gasteiger partial charge < -0.3 is 42.5 Å². The molecule has 0 saturated heterocycles. The van der Waals surface area contributed by atoms with Crippen molar-refractivity contribution in [3.8, 4) is 0 Å². The fourth-order valence-corrected chi connectivity index (χ4v) is 3.83. The fourth-order valence-electron chi connectivity index (χ4n) is 3.83. The van der Waals surface area contributed by atoms with E-state index < -0.39 is 60.2 Å². The van der Waals surface area contributed by atoms with E-state index in [1.807, 2.05) is 0 Å². The Kier molecular flexibility index (Phi) is 10.5. The summed E-state index contributed by atoms with van der Waals surface area (Å²) in [6.45, 7) is 0. The topological polar surface area (TPSA) is 251 Å². The van der Waals surface area contributed by atoms with Crippen LogP contribution in [-0.2, 0) is 43.2 Å². The number of H-pyrrole nitrogens is 2. The maximum absolute atomic E-state index is 13.4. The number of primary amides is 1. The van der Waals surface area contributed by atoms with E-state index in [1.165, 1.54) is 25.0 Å². The van der Waals surface area contributed by atoms with Crippen LogP contribution in [0, 0.1) is 0 Å². The number of carboxylic acid groups (broad SMARTS) is 1. The summed E-state index contributed by atoms with van der Waals surface area (Å²) in [5.41, 5.74) is 12.5. The minimum Gasteiger partial charge on any atom is -0.480 e. The van der Waals surface area contributed by atoms with Crippen molar-refractivity contribution in [3.63, 3.8) is 0 Å². The number of aliphatic carboxylic acids is 1. The van der Waals surface area contributed by atoms with Crippen LogP contribution in [0.15, 0.2) is 55.4 Å². The average molecular weight is 554 g/mol. The summed E-state index contributed by atoms with van der Waals surface area (Å²) >= 11 is 0. The number of carboxylic acids is 1. The normalized spacial score (nSPS) is 13.8. The van der Waals surface area contributed by atoms with Gasteiger partial charge in [0, 0.05) is 43.0 Å².